The first-order valence-corrected chi connectivity index (χ1v) is 8.16. The molecule has 2 heterocycles. The molecule has 0 bridgehead atoms. The highest BCUT2D eigenvalue weighted by Gasteiger charge is 2.29. The van der Waals surface area contributed by atoms with Gasteiger partial charge in [0, 0.05) is 31.2 Å². The third kappa shape index (κ3) is 3.26. The first-order chi connectivity index (χ1) is 9.45. The molecule has 6 nitrogen and oxygen atoms in total. The average molecular weight is 351 g/mol. The Kier molecular flexibility index (Phi) is 4.67. The van der Waals surface area contributed by atoms with Gasteiger partial charge in [0.05, 0.1) is 5.69 Å². The second kappa shape index (κ2) is 6.00. The summed E-state index contributed by atoms with van der Waals surface area (Å²) in [5, 5.41) is 0.382. The number of nitrogens with zero attached hydrogens (tertiary/aromatic N) is 3. The summed E-state index contributed by atoms with van der Waals surface area (Å²) >= 11 is 5.85. The Hall–Kier alpha value is -1.02. The summed E-state index contributed by atoms with van der Waals surface area (Å²) in [6, 6.07) is 4.70. The van der Waals surface area contributed by atoms with E-state index in [1.165, 1.54) is 6.07 Å². The Labute approximate surface area is 135 Å². The molecule has 0 atom stereocenters. The van der Waals surface area contributed by atoms with E-state index < -0.39 is 10.0 Å². The molecule has 9 heteroatoms. The molecule has 1 N–H and O–H groups in total. The maximum absolute atomic E-state index is 12.3. The van der Waals surface area contributed by atoms with E-state index in [0.29, 0.717) is 16.7 Å². The third-order valence-corrected chi connectivity index (χ3v) is 5.06. The summed E-state index contributed by atoms with van der Waals surface area (Å²) in [4.78, 5) is 8.68. The van der Waals surface area contributed by atoms with Crippen molar-refractivity contribution in [2.75, 3.05) is 33.2 Å². The van der Waals surface area contributed by atoms with Crippen molar-refractivity contribution >= 4 is 45.7 Å². The van der Waals surface area contributed by atoms with Crippen LogP contribution >= 0.6 is 24.0 Å². The van der Waals surface area contributed by atoms with Gasteiger partial charge >= 0.3 is 0 Å². The Morgan fingerprint density at radius 1 is 1.24 bits per heavy atom. The van der Waals surface area contributed by atoms with Crippen LogP contribution in [0.5, 0.6) is 0 Å². The number of piperazine rings is 1. The quantitative estimate of drug-likeness (QED) is 0.765. The van der Waals surface area contributed by atoms with E-state index in [1.54, 1.807) is 12.1 Å². The Balaban J connectivity index is 0.00000161. The molecule has 1 aromatic carbocycles. The van der Waals surface area contributed by atoms with Gasteiger partial charge < -0.3 is 9.80 Å². The number of halogens is 2. The highest BCUT2D eigenvalue weighted by molar-refractivity contribution is 7.90. The largest absolute Gasteiger partial charge is 0.339 e. The van der Waals surface area contributed by atoms with E-state index in [4.69, 9.17) is 11.6 Å². The van der Waals surface area contributed by atoms with Crippen molar-refractivity contribution in [3.05, 3.63) is 23.2 Å². The van der Waals surface area contributed by atoms with Gasteiger partial charge in [-0.2, -0.15) is 0 Å². The molecule has 0 aromatic heterocycles. The Morgan fingerprint density at radius 2 is 1.90 bits per heavy atom. The van der Waals surface area contributed by atoms with Crippen LogP contribution in [0.1, 0.15) is 0 Å². The van der Waals surface area contributed by atoms with E-state index in [-0.39, 0.29) is 17.3 Å². The Bertz CT molecular complexity index is 670. The lowest BCUT2D eigenvalue weighted by Crippen LogP contribution is -2.53. The molecule has 2 aliphatic heterocycles. The standard InChI is InChI=1S/C12H15ClN4O2S.ClH/c1-16-4-6-17(7-5-16)12-14-10-3-2-9(13)8-11(10)20(18,19)15-12;/h2-3,8H,4-7H2,1H3,(H,14,15);1H. The summed E-state index contributed by atoms with van der Waals surface area (Å²) in [7, 11) is -1.55. The molecule has 116 valence electrons. The molecule has 0 aliphatic carbocycles. The lowest BCUT2D eigenvalue weighted by atomic mass is 10.3. The van der Waals surface area contributed by atoms with Gasteiger partial charge in [-0.25, -0.2) is 18.1 Å². The van der Waals surface area contributed by atoms with Crippen molar-refractivity contribution in [2.45, 2.75) is 4.90 Å². The van der Waals surface area contributed by atoms with Gasteiger partial charge in [0.2, 0.25) is 5.96 Å². The maximum Gasteiger partial charge on any atom is 0.266 e. The van der Waals surface area contributed by atoms with Crippen LogP contribution in [0.25, 0.3) is 0 Å². The van der Waals surface area contributed by atoms with E-state index in [2.05, 4.69) is 14.6 Å². The topological polar surface area (TPSA) is 65.0 Å². The van der Waals surface area contributed by atoms with Crippen LogP contribution in [0.2, 0.25) is 5.02 Å². The fourth-order valence-electron chi connectivity index (χ4n) is 2.26. The molecule has 2 aliphatic rings. The zero-order chi connectivity index (χ0) is 14.3. The number of guanidine groups is 1. The number of hydrogen-bond acceptors (Lipinski definition) is 5. The van der Waals surface area contributed by atoms with Crippen molar-refractivity contribution in [1.29, 1.82) is 0 Å². The number of likely N-dealkylation sites (N-methyl/N-ethyl adjacent to an activating group) is 1. The van der Waals surface area contributed by atoms with Crippen LogP contribution in [0, 0.1) is 0 Å². The normalized spacial score (nSPS) is 20.9. The second-order valence-corrected chi connectivity index (χ2v) is 7.03. The van der Waals surface area contributed by atoms with Gasteiger partial charge in [-0.1, -0.05) is 11.6 Å². The van der Waals surface area contributed by atoms with Crippen molar-refractivity contribution < 1.29 is 8.42 Å². The molecule has 0 spiro atoms. The number of fused-ring (bicyclic) bond motifs is 1. The third-order valence-electron chi connectivity index (χ3n) is 3.47. The van der Waals surface area contributed by atoms with Gasteiger partial charge in [-0.05, 0) is 25.2 Å². The SMILES string of the molecule is CN1CCN(C2=Nc3ccc(Cl)cc3S(=O)(=O)N2)CC1.Cl. The lowest BCUT2D eigenvalue weighted by molar-refractivity contribution is 0.213. The van der Waals surface area contributed by atoms with Crippen LogP contribution in [0.15, 0.2) is 28.1 Å². The number of nitrogens with one attached hydrogen (secondary N) is 1. The van der Waals surface area contributed by atoms with Crippen molar-refractivity contribution in [2.24, 2.45) is 4.99 Å². The molecule has 0 unspecified atom stereocenters. The van der Waals surface area contributed by atoms with Crippen molar-refractivity contribution in [1.82, 2.24) is 14.5 Å². The monoisotopic (exact) mass is 350 g/mol. The maximum atomic E-state index is 12.3. The predicted molar refractivity (Wildman–Crippen MR) is 85.2 cm³/mol. The summed E-state index contributed by atoms with van der Waals surface area (Å²) < 4.78 is 27.0. The van der Waals surface area contributed by atoms with Crippen molar-refractivity contribution in [3.63, 3.8) is 0 Å². The minimum atomic E-state index is -3.60. The highest BCUT2D eigenvalue weighted by atomic mass is 35.5. The lowest BCUT2D eigenvalue weighted by Gasteiger charge is -2.35. The zero-order valence-corrected chi connectivity index (χ0v) is 13.8. The predicted octanol–water partition coefficient (Wildman–Crippen LogP) is 1.29. The van der Waals surface area contributed by atoms with Gasteiger partial charge in [-0.3, -0.25) is 0 Å². The van der Waals surface area contributed by atoms with Gasteiger partial charge in [-0.15, -0.1) is 12.4 Å². The number of aliphatic imine (C=N–C) groups is 1. The summed E-state index contributed by atoms with van der Waals surface area (Å²) in [6.45, 7) is 3.27. The minimum Gasteiger partial charge on any atom is -0.339 e. The number of benzene rings is 1. The molecule has 1 aromatic rings. The minimum absolute atomic E-state index is 0. The zero-order valence-electron chi connectivity index (χ0n) is 11.4. The summed E-state index contributed by atoms with van der Waals surface area (Å²) in [5.41, 5.74) is 0.432. The number of hydrogen-bond donors (Lipinski definition) is 1. The smallest absolute Gasteiger partial charge is 0.266 e. The molecular formula is C12H16Cl2N4O2S. The fraction of sp³-hybridized carbons (Fsp3) is 0.417. The highest BCUT2D eigenvalue weighted by Crippen LogP contribution is 2.30. The van der Waals surface area contributed by atoms with E-state index in [1.807, 2.05) is 11.9 Å². The van der Waals surface area contributed by atoms with Crippen LogP contribution in [-0.4, -0.2) is 57.4 Å². The molecular weight excluding hydrogens is 335 g/mol. The average Bonchev–Trinajstić information content (AvgIpc) is 2.40. The van der Waals surface area contributed by atoms with E-state index in [0.717, 1.165) is 26.2 Å². The first kappa shape index (κ1) is 16.4. The summed E-state index contributed by atoms with van der Waals surface area (Å²) in [5.74, 6) is 0.396. The van der Waals surface area contributed by atoms with Crippen LogP contribution < -0.4 is 4.72 Å². The molecule has 1 fully saturated rings. The Morgan fingerprint density at radius 3 is 2.57 bits per heavy atom. The van der Waals surface area contributed by atoms with Gasteiger partial charge in [0.1, 0.15) is 4.90 Å². The molecule has 0 amide bonds. The van der Waals surface area contributed by atoms with E-state index >= 15 is 0 Å². The van der Waals surface area contributed by atoms with Gasteiger partial charge in [0.15, 0.2) is 0 Å². The van der Waals surface area contributed by atoms with Crippen LogP contribution in [0.3, 0.4) is 0 Å². The van der Waals surface area contributed by atoms with Crippen LogP contribution in [-0.2, 0) is 10.0 Å². The number of sulfonamides is 1. The molecule has 3 rings (SSSR count). The number of rotatable bonds is 0. The first-order valence-electron chi connectivity index (χ1n) is 6.30. The molecule has 21 heavy (non-hydrogen) atoms. The van der Waals surface area contributed by atoms with Crippen molar-refractivity contribution in [3.8, 4) is 0 Å². The fourth-order valence-corrected chi connectivity index (χ4v) is 3.69. The second-order valence-electron chi connectivity index (χ2n) is 4.94. The van der Waals surface area contributed by atoms with E-state index in [9.17, 15) is 8.42 Å². The summed E-state index contributed by atoms with van der Waals surface area (Å²) in [6.07, 6.45) is 0. The van der Waals surface area contributed by atoms with Crippen LogP contribution in [0.4, 0.5) is 5.69 Å². The molecule has 0 saturated carbocycles. The van der Waals surface area contributed by atoms with Gasteiger partial charge in [0.25, 0.3) is 10.0 Å². The molecule has 1 saturated heterocycles. The molecule has 0 radical (unpaired) electrons.